The van der Waals surface area contributed by atoms with Gasteiger partial charge in [-0.1, -0.05) is 12.1 Å². The average molecular weight is 250 g/mol. The van der Waals surface area contributed by atoms with Crippen LogP contribution in [0.4, 0.5) is 4.39 Å². The lowest BCUT2D eigenvalue weighted by molar-refractivity contribution is 0.551. The summed E-state index contributed by atoms with van der Waals surface area (Å²) in [5, 5.41) is 6.34. The lowest BCUT2D eigenvalue weighted by Gasteiger charge is -2.14. The summed E-state index contributed by atoms with van der Waals surface area (Å²) in [5.74, 6) is -0.174. The smallest absolute Gasteiger partial charge is 0.123 e. The average Bonchev–Trinajstić information content (AvgIpc) is 2.81. The van der Waals surface area contributed by atoms with Gasteiger partial charge in [-0.3, -0.25) is 0 Å². The Morgan fingerprint density at radius 3 is 2.94 bits per heavy atom. The zero-order valence-electron chi connectivity index (χ0n) is 9.69. The van der Waals surface area contributed by atoms with E-state index < -0.39 is 0 Å². The standard InChI is InChI=1S/C13H15FN2S/c1-15-12(9-13-16-5-6-17-13)8-10-3-2-4-11(14)7-10/h2-7,12,15H,8-9H2,1H3. The lowest BCUT2D eigenvalue weighted by Crippen LogP contribution is -2.29. The number of nitrogens with zero attached hydrogens (tertiary/aromatic N) is 1. The second kappa shape index (κ2) is 5.89. The van der Waals surface area contributed by atoms with Crippen LogP contribution in [0.25, 0.3) is 0 Å². The molecular formula is C13H15FN2S. The summed E-state index contributed by atoms with van der Waals surface area (Å²) in [4.78, 5) is 4.27. The summed E-state index contributed by atoms with van der Waals surface area (Å²) in [5.41, 5.74) is 1.01. The third-order valence-corrected chi connectivity index (χ3v) is 3.49. The maximum atomic E-state index is 13.1. The molecule has 0 aliphatic rings. The first-order chi connectivity index (χ1) is 8.28. The number of likely N-dealkylation sites (N-methyl/N-ethyl adjacent to an activating group) is 1. The van der Waals surface area contributed by atoms with E-state index in [-0.39, 0.29) is 5.82 Å². The minimum absolute atomic E-state index is 0.174. The molecule has 0 aliphatic heterocycles. The van der Waals surface area contributed by atoms with Gasteiger partial charge in [-0.15, -0.1) is 11.3 Å². The quantitative estimate of drug-likeness (QED) is 0.882. The molecule has 2 aromatic rings. The van der Waals surface area contributed by atoms with Crippen molar-refractivity contribution in [2.75, 3.05) is 7.05 Å². The van der Waals surface area contributed by atoms with Gasteiger partial charge in [-0.25, -0.2) is 9.37 Å². The van der Waals surface area contributed by atoms with E-state index in [9.17, 15) is 4.39 Å². The van der Waals surface area contributed by atoms with E-state index in [1.165, 1.54) is 6.07 Å². The summed E-state index contributed by atoms with van der Waals surface area (Å²) < 4.78 is 13.1. The molecule has 0 radical (unpaired) electrons. The van der Waals surface area contributed by atoms with Crippen LogP contribution in [-0.2, 0) is 12.8 Å². The Morgan fingerprint density at radius 1 is 1.41 bits per heavy atom. The van der Waals surface area contributed by atoms with Crippen LogP contribution in [0.3, 0.4) is 0 Å². The van der Waals surface area contributed by atoms with Crippen LogP contribution in [0.1, 0.15) is 10.6 Å². The van der Waals surface area contributed by atoms with E-state index in [1.54, 1.807) is 23.5 Å². The molecular weight excluding hydrogens is 235 g/mol. The number of aromatic nitrogens is 1. The summed E-state index contributed by atoms with van der Waals surface area (Å²) in [6, 6.07) is 7.06. The lowest BCUT2D eigenvalue weighted by atomic mass is 10.0. The Morgan fingerprint density at radius 2 is 2.29 bits per heavy atom. The van der Waals surface area contributed by atoms with Gasteiger partial charge in [0.25, 0.3) is 0 Å². The molecule has 2 nitrogen and oxygen atoms in total. The van der Waals surface area contributed by atoms with Gasteiger partial charge in [0.1, 0.15) is 5.82 Å². The highest BCUT2D eigenvalue weighted by Gasteiger charge is 2.10. The molecule has 4 heteroatoms. The first-order valence-electron chi connectivity index (χ1n) is 5.58. The number of thiazole rings is 1. The van der Waals surface area contributed by atoms with E-state index in [4.69, 9.17) is 0 Å². The number of halogens is 1. The van der Waals surface area contributed by atoms with Gasteiger partial charge >= 0.3 is 0 Å². The van der Waals surface area contributed by atoms with Gasteiger partial charge in [0, 0.05) is 24.0 Å². The van der Waals surface area contributed by atoms with Crippen molar-refractivity contribution in [3.63, 3.8) is 0 Å². The van der Waals surface area contributed by atoms with Gasteiger partial charge in [-0.05, 0) is 31.2 Å². The predicted molar refractivity (Wildman–Crippen MR) is 68.8 cm³/mol. The maximum Gasteiger partial charge on any atom is 0.123 e. The zero-order valence-corrected chi connectivity index (χ0v) is 10.5. The van der Waals surface area contributed by atoms with Gasteiger partial charge in [-0.2, -0.15) is 0 Å². The SMILES string of the molecule is CNC(Cc1cccc(F)c1)Cc1nccs1. The highest BCUT2D eigenvalue weighted by Crippen LogP contribution is 2.12. The summed E-state index contributed by atoms with van der Waals surface area (Å²) in [6.07, 6.45) is 3.51. The normalized spacial score (nSPS) is 12.6. The Bertz CT molecular complexity index is 456. The molecule has 0 aliphatic carbocycles. The van der Waals surface area contributed by atoms with Crippen LogP contribution in [-0.4, -0.2) is 18.1 Å². The van der Waals surface area contributed by atoms with E-state index >= 15 is 0 Å². The zero-order chi connectivity index (χ0) is 12.1. The molecule has 1 N–H and O–H groups in total. The Kier molecular flexibility index (Phi) is 4.23. The number of hydrogen-bond donors (Lipinski definition) is 1. The van der Waals surface area contributed by atoms with Crippen LogP contribution in [0.5, 0.6) is 0 Å². The van der Waals surface area contributed by atoms with Gasteiger partial charge in [0.2, 0.25) is 0 Å². The molecule has 1 aromatic carbocycles. The first-order valence-corrected chi connectivity index (χ1v) is 6.46. The molecule has 1 aromatic heterocycles. The minimum Gasteiger partial charge on any atom is -0.316 e. The molecule has 0 amide bonds. The molecule has 2 rings (SSSR count). The van der Waals surface area contributed by atoms with Crippen LogP contribution in [0, 0.1) is 5.82 Å². The molecule has 1 atom stereocenters. The summed E-state index contributed by atoms with van der Waals surface area (Å²) >= 11 is 1.66. The first kappa shape index (κ1) is 12.2. The minimum atomic E-state index is -0.174. The fourth-order valence-electron chi connectivity index (χ4n) is 1.79. The highest BCUT2D eigenvalue weighted by molar-refractivity contribution is 7.09. The van der Waals surface area contributed by atoms with E-state index in [0.717, 1.165) is 23.4 Å². The van der Waals surface area contributed by atoms with Crippen molar-refractivity contribution in [1.29, 1.82) is 0 Å². The van der Waals surface area contributed by atoms with Crippen molar-refractivity contribution in [3.8, 4) is 0 Å². The Hall–Kier alpha value is -1.26. The molecule has 1 heterocycles. The third-order valence-electron chi connectivity index (χ3n) is 2.68. The van der Waals surface area contributed by atoms with Crippen molar-refractivity contribution < 1.29 is 4.39 Å². The fourth-order valence-corrected chi connectivity index (χ4v) is 2.49. The molecule has 0 fully saturated rings. The second-order valence-electron chi connectivity index (χ2n) is 3.95. The maximum absolute atomic E-state index is 13.1. The molecule has 0 saturated carbocycles. The fraction of sp³-hybridized carbons (Fsp3) is 0.308. The van der Waals surface area contributed by atoms with Crippen LogP contribution < -0.4 is 5.32 Å². The Balaban J connectivity index is 2.00. The number of nitrogens with one attached hydrogen (secondary N) is 1. The number of benzene rings is 1. The van der Waals surface area contributed by atoms with Crippen molar-refractivity contribution in [1.82, 2.24) is 10.3 Å². The van der Waals surface area contributed by atoms with Crippen molar-refractivity contribution in [2.45, 2.75) is 18.9 Å². The summed E-state index contributed by atoms with van der Waals surface area (Å²) in [7, 11) is 1.93. The van der Waals surface area contributed by atoms with Gasteiger partial charge < -0.3 is 5.32 Å². The summed E-state index contributed by atoms with van der Waals surface area (Å²) in [6.45, 7) is 0. The molecule has 17 heavy (non-hydrogen) atoms. The largest absolute Gasteiger partial charge is 0.316 e. The molecule has 90 valence electrons. The second-order valence-corrected chi connectivity index (χ2v) is 4.93. The molecule has 1 unspecified atom stereocenters. The van der Waals surface area contributed by atoms with E-state index in [1.807, 2.05) is 24.7 Å². The van der Waals surface area contributed by atoms with Crippen molar-refractivity contribution in [3.05, 3.63) is 52.2 Å². The molecule has 0 spiro atoms. The number of rotatable bonds is 5. The Labute approximate surface area is 105 Å². The van der Waals surface area contributed by atoms with E-state index in [0.29, 0.717) is 6.04 Å². The predicted octanol–water partition coefficient (Wildman–Crippen LogP) is 2.66. The van der Waals surface area contributed by atoms with Crippen molar-refractivity contribution >= 4 is 11.3 Å². The van der Waals surface area contributed by atoms with Gasteiger partial charge in [0.15, 0.2) is 0 Å². The molecule has 0 bridgehead atoms. The van der Waals surface area contributed by atoms with Gasteiger partial charge in [0.05, 0.1) is 5.01 Å². The van der Waals surface area contributed by atoms with Crippen LogP contribution in [0.15, 0.2) is 35.8 Å². The van der Waals surface area contributed by atoms with Crippen LogP contribution >= 0.6 is 11.3 Å². The third kappa shape index (κ3) is 3.61. The van der Waals surface area contributed by atoms with E-state index in [2.05, 4.69) is 10.3 Å². The highest BCUT2D eigenvalue weighted by atomic mass is 32.1. The van der Waals surface area contributed by atoms with Crippen molar-refractivity contribution in [2.24, 2.45) is 0 Å². The van der Waals surface area contributed by atoms with Crippen LogP contribution in [0.2, 0.25) is 0 Å². The molecule has 0 saturated heterocycles. The monoisotopic (exact) mass is 250 g/mol. The topological polar surface area (TPSA) is 24.9 Å². The number of hydrogen-bond acceptors (Lipinski definition) is 3.